The first kappa shape index (κ1) is 11.5. The van der Waals surface area contributed by atoms with Crippen molar-refractivity contribution in [3.8, 4) is 0 Å². The summed E-state index contributed by atoms with van der Waals surface area (Å²) in [7, 11) is 0. The lowest BCUT2D eigenvalue weighted by Gasteiger charge is -2.27. The third kappa shape index (κ3) is 2.10. The lowest BCUT2D eigenvalue weighted by molar-refractivity contribution is -0.170. The summed E-state index contributed by atoms with van der Waals surface area (Å²) in [5.74, 6) is -0.363. The van der Waals surface area contributed by atoms with E-state index < -0.39 is 11.2 Å². The van der Waals surface area contributed by atoms with E-state index in [-0.39, 0.29) is 11.9 Å². The maximum atomic E-state index is 10.8. The molecule has 1 heterocycles. The maximum absolute atomic E-state index is 10.8. The summed E-state index contributed by atoms with van der Waals surface area (Å²) in [5.41, 5.74) is 0.942. The number of halogens is 1. The van der Waals surface area contributed by atoms with Gasteiger partial charge in [0.05, 0.1) is 6.61 Å². The number of rotatable bonds is 2. The molecule has 0 N–H and O–H groups in total. The second kappa shape index (κ2) is 3.91. The first-order chi connectivity index (χ1) is 6.35. The fraction of sp³-hybridized carbons (Fsp3) is 0.700. The molecule has 0 bridgehead atoms. The van der Waals surface area contributed by atoms with Crippen LogP contribution in [0.1, 0.15) is 20.8 Å². The molecule has 14 heavy (non-hydrogen) atoms. The van der Waals surface area contributed by atoms with Gasteiger partial charge in [0, 0.05) is 12.8 Å². The van der Waals surface area contributed by atoms with Crippen molar-refractivity contribution in [2.24, 2.45) is 5.92 Å². The molecule has 0 aromatic carbocycles. The number of hydrogen-bond donors (Lipinski definition) is 0. The minimum atomic E-state index is -0.711. The molecule has 0 saturated carbocycles. The van der Waals surface area contributed by atoms with Crippen LogP contribution in [-0.2, 0) is 14.3 Å². The highest BCUT2D eigenvalue weighted by Crippen LogP contribution is 2.41. The summed E-state index contributed by atoms with van der Waals surface area (Å²) in [5, 5.41) is 0. The van der Waals surface area contributed by atoms with Crippen molar-refractivity contribution < 1.29 is 14.3 Å². The largest absolute Gasteiger partial charge is 0.434 e. The molecule has 0 radical (unpaired) electrons. The Kier molecular flexibility index (Phi) is 3.22. The summed E-state index contributed by atoms with van der Waals surface area (Å²) in [6, 6.07) is 0. The number of alkyl halides is 1. The average molecular weight is 219 g/mol. The highest BCUT2D eigenvalue weighted by molar-refractivity contribution is 6.24. The fourth-order valence-corrected chi connectivity index (χ4v) is 1.95. The van der Waals surface area contributed by atoms with E-state index in [9.17, 15) is 4.79 Å². The van der Waals surface area contributed by atoms with Crippen LogP contribution in [0.25, 0.3) is 0 Å². The van der Waals surface area contributed by atoms with Gasteiger partial charge in [-0.25, -0.2) is 0 Å². The molecule has 0 spiro atoms. The van der Waals surface area contributed by atoms with E-state index in [1.807, 2.05) is 6.92 Å². The molecule has 80 valence electrons. The predicted octanol–water partition coefficient (Wildman–Crippen LogP) is 2.10. The SMILES string of the molecule is C=C(C)[C@@H]1CO[C@H](OC(C)=O)[C@@]1(C)Cl. The van der Waals surface area contributed by atoms with E-state index in [2.05, 4.69) is 6.58 Å². The lowest BCUT2D eigenvalue weighted by atomic mass is 9.90. The van der Waals surface area contributed by atoms with Gasteiger partial charge in [-0.1, -0.05) is 12.2 Å². The van der Waals surface area contributed by atoms with Gasteiger partial charge >= 0.3 is 5.97 Å². The van der Waals surface area contributed by atoms with Crippen molar-refractivity contribution in [3.63, 3.8) is 0 Å². The zero-order valence-corrected chi connectivity index (χ0v) is 9.43. The van der Waals surface area contributed by atoms with Crippen LogP contribution < -0.4 is 0 Å². The minimum Gasteiger partial charge on any atom is -0.434 e. The highest BCUT2D eigenvalue weighted by atomic mass is 35.5. The molecule has 0 aromatic heterocycles. The van der Waals surface area contributed by atoms with Crippen molar-refractivity contribution in [2.45, 2.75) is 31.9 Å². The Morgan fingerprint density at radius 2 is 2.21 bits per heavy atom. The van der Waals surface area contributed by atoms with E-state index in [4.69, 9.17) is 21.1 Å². The van der Waals surface area contributed by atoms with Crippen molar-refractivity contribution in [1.29, 1.82) is 0 Å². The van der Waals surface area contributed by atoms with E-state index in [0.29, 0.717) is 6.61 Å². The van der Waals surface area contributed by atoms with E-state index in [1.54, 1.807) is 6.92 Å². The van der Waals surface area contributed by atoms with Gasteiger partial charge < -0.3 is 9.47 Å². The molecule has 0 aromatic rings. The summed E-state index contributed by atoms with van der Waals surface area (Å²) in [6.45, 7) is 9.32. The molecule has 0 aliphatic carbocycles. The number of carbonyl (C=O) groups excluding carboxylic acids is 1. The number of esters is 1. The Morgan fingerprint density at radius 3 is 2.57 bits per heavy atom. The first-order valence-corrected chi connectivity index (χ1v) is 4.86. The lowest BCUT2D eigenvalue weighted by Crippen LogP contribution is -2.38. The second-order valence-electron chi connectivity index (χ2n) is 3.82. The molecule has 3 atom stereocenters. The Bertz CT molecular complexity index is 260. The van der Waals surface area contributed by atoms with Gasteiger partial charge in [-0.15, -0.1) is 11.6 Å². The topological polar surface area (TPSA) is 35.5 Å². The van der Waals surface area contributed by atoms with Gasteiger partial charge in [0.2, 0.25) is 6.29 Å². The Balaban J connectivity index is 2.75. The molecule has 1 aliphatic rings. The molecule has 0 amide bonds. The number of ether oxygens (including phenoxy) is 2. The molecule has 1 rings (SSSR count). The molecule has 0 unspecified atom stereocenters. The smallest absolute Gasteiger partial charge is 0.305 e. The van der Waals surface area contributed by atoms with Crippen LogP contribution in [0.15, 0.2) is 12.2 Å². The van der Waals surface area contributed by atoms with Crippen LogP contribution in [0.3, 0.4) is 0 Å². The van der Waals surface area contributed by atoms with Crippen molar-refractivity contribution in [2.75, 3.05) is 6.61 Å². The molecule has 1 aliphatic heterocycles. The van der Waals surface area contributed by atoms with Crippen LogP contribution in [0.5, 0.6) is 0 Å². The molecule has 3 nitrogen and oxygen atoms in total. The van der Waals surface area contributed by atoms with Gasteiger partial charge in [-0.05, 0) is 13.8 Å². The third-order valence-corrected chi connectivity index (χ3v) is 2.87. The average Bonchev–Trinajstić information content (AvgIpc) is 2.26. The van der Waals surface area contributed by atoms with Crippen molar-refractivity contribution in [1.82, 2.24) is 0 Å². The van der Waals surface area contributed by atoms with Crippen LogP contribution in [0, 0.1) is 5.92 Å². The summed E-state index contributed by atoms with van der Waals surface area (Å²) in [4.78, 5) is 10.1. The molecular formula is C10H15ClO3. The van der Waals surface area contributed by atoms with E-state index in [0.717, 1.165) is 5.57 Å². The maximum Gasteiger partial charge on any atom is 0.305 e. The predicted molar refractivity (Wildman–Crippen MR) is 54.1 cm³/mol. The number of hydrogen-bond acceptors (Lipinski definition) is 3. The van der Waals surface area contributed by atoms with Crippen LogP contribution in [0.4, 0.5) is 0 Å². The Labute approximate surface area is 89.0 Å². The van der Waals surface area contributed by atoms with Gasteiger partial charge in [0.15, 0.2) is 0 Å². The fourth-order valence-electron chi connectivity index (χ4n) is 1.60. The van der Waals surface area contributed by atoms with Gasteiger partial charge in [-0.2, -0.15) is 0 Å². The Morgan fingerprint density at radius 1 is 1.64 bits per heavy atom. The van der Waals surface area contributed by atoms with Crippen LogP contribution in [0.2, 0.25) is 0 Å². The molecular weight excluding hydrogens is 204 g/mol. The first-order valence-electron chi connectivity index (χ1n) is 4.49. The van der Waals surface area contributed by atoms with Crippen LogP contribution in [-0.4, -0.2) is 23.7 Å². The zero-order chi connectivity index (χ0) is 10.9. The second-order valence-corrected chi connectivity index (χ2v) is 4.64. The van der Waals surface area contributed by atoms with Crippen molar-refractivity contribution in [3.05, 3.63) is 12.2 Å². The van der Waals surface area contributed by atoms with Gasteiger partial charge in [0.25, 0.3) is 0 Å². The molecule has 4 heteroatoms. The summed E-state index contributed by atoms with van der Waals surface area (Å²) >= 11 is 6.28. The van der Waals surface area contributed by atoms with Crippen molar-refractivity contribution >= 4 is 17.6 Å². The zero-order valence-electron chi connectivity index (χ0n) is 8.67. The normalized spacial score (nSPS) is 36.9. The summed E-state index contributed by atoms with van der Waals surface area (Å²) < 4.78 is 10.3. The van der Waals surface area contributed by atoms with Crippen LogP contribution >= 0.6 is 11.6 Å². The third-order valence-electron chi connectivity index (χ3n) is 2.42. The molecule has 1 fully saturated rings. The minimum absolute atomic E-state index is 0.0218. The summed E-state index contributed by atoms with van der Waals surface area (Å²) in [6.07, 6.45) is -0.677. The quantitative estimate of drug-likeness (QED) is 0.405. The van der Waals surface area contributed by atoms with Gasteiger partial charge in [-0.3, -0.25) is 4.79 Å². The standard InChI is InChI=1S/C10H15ClO3/c1-6(2)8-5-13-9(10(8,4)11)14-7(3)12/h8-9H,1,5H2,2-4H3/t8-,9+,10-/m0/s1. The monoisotopic (exact) mass is 218 g/mol. The number of carbonyl (C=O) groups is 1. The highest BCUT2D eigenvalue weighted by Gasteiger charge is 2.49. The van der Waals surface area contributed by atoms with E-state index in [1.165, 1.54) is 6.92 Å². The molecule has 1 saturated heterocycles. The van der Waals surface area contributed by atoms with E-state index >= 15 is 0 Å². The Hall–Kier alpha value is -0.540. The van der Waals surface area contributed by atoms with Gasteiger partial charge in [0.1, 0.15) is 4.87 Å².